The quantitative estimate of drug-likeness (QED) is 0.650. The first kappa shape index (κ1) is 10.7. The predicted molar refractivity (Wildman–Crippen MR) is 39.8 cm³/mol. The fourth-order valence-corrected chi connectivity index (χ4v) is 0.415. The van der Waals surface area contributed by atoms with Crippen LogP contribution in [-0.2, 0) is 14.3 Å². The van der Waals surface area contributed by atoms with Crippen molar-refractivity contribution in [3.63, 3.8) is 0 Å². The van der Waals surface area contributed by atoms with Crippen LogP contribution in [0.4, 0.5) is 4.79 Å². The van der Waals surface area contributed by atoms with E-state index in [0.29, 0.717) is 0 Å². The molecule has 0 saturated carbocycles. The van der Waals surface area contributed by atoms with Crippen LogP contribution < -0.4 is 0 Å². The van der Waals surface area contributed by atoms with Crippen molar-refractivity contribution in [2.75, 3.05) is 0 Å². The molecule has 0 aromatic heterocycles. The van der Waals surface area contributed by atoms with Gasteiger partial charge in [0, 0.05) is 0 Å². The highest BCUT2D eigenvalue weighted by molar-refractivity contribution is 5.75. The monoisotopic (exact) mass is 176 g/mol. The summed E-state index contributed by atoms with van der Waals surface area (Å²) in [6.45, 7) is 4.54. The summed E-state index contributed by atoms with van der Waals surface area (Å²) in [5.74, 6) is -1.20. The molecular formula is C7H12O5. The van der Waals surface area contributed by atoms with Crippen molar-refractivity contribution in [1.29, 1.82) is 0 Å². The number of carboxylic acids is 1. The van der Waals surface area contributed by atoms with Crippen LogP contribution in [0.1, 0.15) is 20.8 Å². The molecule has 0 radical (unpaired) electrons. The highest BCUT2D eigenvalue weighted by Gasteiger charge is 2.17. The van der Waals surface area contributed by atoms with Crippen LogP contribution in [0.3, 0.4) is 0 Å². The molecule has 12 heavy (non-hydrogen) atoms. The molecule has 0 heterocycles. The zero-order valence-corrected chi connectivity index (χ0v) is 7.23. The molecule has 0 bridgehead atoms. The van der Waals surface area contributed by atoms with Crippen molar-refractivity contribution >= 4 is 12.1 Å². The first-order valence-electron chi connectivity index (χ1n) is 3.53. The third-order valence-corrected chi connectivity index (χ3v) is 0.953. The zero-order valence-electron chi connectivity index (χ0n) is 7.23. The van der Waals surface area contributed by atoms with Crippen LogP contribution in [0.15, 0.2) is 0 Å². The summed E-state index contributed by atoms with van der Waals surface area (Å²) in [4.78, 5) is 20.8. The molecule has 70 valence electrons. The smallest absolute Gasteiger partial charge is 0.479 e. The van der Waals surface area contributed by atoms with Gasteiger partial charge < -0.3 is 14.6 Å². The van der Waals surface area contributed by atoms with Gasteiger partial charge >= 0.3 is 12.1 Å². The first-order chi connectivity index (χ1) is 5.43. The number of aliphatic carboxylic acids is 1. The molecule has 1 N–H and O–H groups in total. The molecule has 0 aromatic carbocycles. The maximum atomic E-state index is 10.7. The highest BCUT2D eigenvalue weighted by atomic mass is 16.7. The van der Waals surface area contributed by atoms with Gasteiger partial charge in [-0.05, 0) is 20.8 Å². The fraction of sp³-hybridized carbons (Fsp3) is 0.714. The van der Waals surface area contributed by atoms with Crippen molar-refractivity contribution in [3.8, 4) is 0 Å². The Hall–Kier alpha value is -1.26. The number of carbonyl (C=O) groups excluding carboxylic acids is 1. The van der Waals surface area contributed by atoms with Crippen molar-refractivity contribution in [2.45, 2.75) is 33.0 Å². The second kappa shape index (κ2) is 4.58. The Kier molecular flexibility index (Phi) is 4.10. The average Bonchev–Trinajstić information content (AvgIpc) is 1.84. The van der Waals surface area contributed by atoms with Crippen LogP contribution in [-0.4, -0.2) is 29.4 Å². The number of rotatable bonds is 3. The summed E-state index contributed by atoms with van der Waals surface area (Å²) < 4.78 is 8.91. The summed E-state index contributed by atoms with van der Waals surface area (Å²) in [6, 6.07) is 0. The van der Waals surface area contributed by atoms with Gasteiger partial charge in [0.25, 0.3) is 0 Å². The molecular weight excluding hydrogens is 164 g/mol. The Labute approximate surface area is 70.3 Å². The lowest BCUT2D eigenvalue weighted by Crippen LogP contribution is -2.25. The molecule has 0 unspecified atom stereocenters. The van der Waals surface area contributed by atoms with Gasteiger partial charge in [0.1, 0.15) is 0 Å². The Bertz CT molecular complexity index is 175. The Morgan fingerprint density at radius 3 is 2.00 bits per heavy atom. The normalized spacial score (nSPS) is 12.3. The van der Waals surface area contributed by atoms with Crippen LogP contribution in [0.25, 0.3) is 0 Å². The maximum Gasteiger partial charge on any atom is 0.509 e. The van der Waals surface area contributed by atoms with Crippen molar-refractivity contribution in [1.82, 2.24) is 0 Å². The predicted octanol–water partition coefficient (Wildman–Crippen LogP) is 1.02. The van der Waals surface area contributed by atoms with Gasteiger partial charge in [-0.3, -0.25) is 0 Å². The van der Waals surface area contributed by atoms with E-state index in [2.05, 4.69) is 9.47 Å². The van der Waals surface area contributed by atoms with E-state index in [4.69, 9.17) is 5.11 Å². The van der Waals surface area contributed by atoms with E-state index in [1.165, 1.54) is 6.92 Å². The summed E-state index contributed by atoms with van der Waals surface area (Å²) in [7, 11) is 0. The molecule has 0 rings (SSSR count). The third kappa shape index (κ3) is 4.54. The summed E-state index contributed by atoms with van der Waals surface area (Å²) in [5, 5.41) is 8.33. The SMILES string of the molecule is CC(C)OC(=O)O[C@H](C)C(=O)O. The van der Waals surface area contributed by atoms with E-state index < -0.39 is 18.2 Å². The Morgan fingerprint density at radius 1 is 1.17 bits per heavy atom. The summed E-state index contributed by atoms with van der Waals surface area (Å²) in [6.07, 6.45) is -2.44. The number of hydrogen-bond acceptors (Lipinski definition) is 4. The molecule has 0 aliphatic heterocycles. The van der Waals surface area contributed by atoms with Gasteiger partial charge in [-0.15, -0.1) is 0 Å². The number of carboxylic acid groups (broad SMARTS) is 1. The molecule has 0 saturated heterocycles. The second-order valence-electron chi connectivity index (χ2n) is 2.51. The molecule has 5 nitrogen and oxygen atoms in total. The van der Waals surface area contributed by atoms with Gasteiger partial charge in [0.15, 0.2) is 6.10 Å². The number of ether oxygens (including phenoxy) is 2. The van der Waals surface area contributed by atoms with E-state index in [0.717, 1.165) is 0 Å². The van der Waals surface area contributed by atoms with Crippen LogP contribution in [0.5, 0.6) is 0 Å². The fourth-order valence-electron chi connectivity index (χ4n) is 0.415. The van der Waals surface area contributed by atoms with E-state index in [9.17, 15) is 9.59 Å². The van der Waals surface area contributed by atoms with E-state index in [-0.39, 0.29) is 6.10 Å². The van der Waals surface area contributed by atoms with E-state index >= 15 is 0 Å². The maximum absolute atomic E-state index is 10.7. The molecule has 0 spiro atoms. The minimum absolute atomic E-state index is 0.307. The number of hydrogen-bond donors (Lipinski definition) is 1. The van der Waals surface area contributed by atoms with Gasteiger partial charge in [0.05, 0.1) is 6.10 Å². The van der Waals surface area contributed by atoms with Crippen molar-refractivity contribution < 1.29 is 24.2 Å². The molecule has 1 atom stereocenters. The molecule has 0 aromatic rings. The van der Waals surface area contributed by atoms with Crippen molar-refractivity contribution in [2.24, 2.45) is 0 Å². The zero-order chi connectivity index (χ0) is 9.72. The lowest BCUT2D eigenvalue weighted by Gasteiger charge is -2.10. The Morgan fingerprint density at radius 2 is 1.67 bits per heavy atom. The molecule has 5 heteroatoms. The van der Waals surface area contributed by atoms with Gasteiger partial charge in [0.2, 0.25) is 0 Å². The third-order valence-electron chi connectivity index (χ3n) is 0.953. The highest BCUT2D eigenvalue weighted by Crippen LogP contribution is 1.97. The topological polar surface area (TPSA) is 72.8 Å². The lowest BCUT2D eigenvalue weighted by atomic mass is 10.4. The second-order valence-corrected chi connectivity index (χ2v) is 2.51. The first-order valence-corrected chi connectivity index (χ1v) is 3.53. The van der Waals surface area contributed by atoms with E-state index in [1.54, 1.807) is 13.8 Å². The molecule has 0 fully saturated rings. The van der Waals surface area contributed by atoms with Crippen LogP contribution in [0, 0.1) is 0 Å². The molecule has 0 amide bonds. The average molecular weight is 176 g/mol. The minimum atomic E-state index is -1.20. The van der Waals surface area contributed by atoms with Crippen molar-refractivity contribution in [3.05, 3.63) is 0 Å². The van der Waals surface area contributed by atoms with Gasteiger partial charge in [-0.2, -0.15) is 0 Å². The van der Waals surface area contributed by atoms with E-state index in [1.807, 2.05) is 0 Å². The Balaban J connectivity index is 3.77. The lowest BCUT2D eigenvalue weighted by molar-refractivity contribution is -0.147. The van der Waals surface area contributed by atoms with Gasteiger partial charge in [-0.25, -0.2) is 9.59 Å². The largest absolute Gasteiger partial charge is 0.509 e. The van der Waals surface area contributed by atoms with Crippen LogP contribution in [0.2, 0.25) is 0 Å². The molecule has 0 aliphatic rings. The van der Waals surface area contributed by atoms with Crippen LogP contribution >= 0.6 is 0 Å². The summed E-state index contributed by atoms with van der Waals surface area (Å²) >= 11 is 0. The molecule has 0 aliphatic carbocycles. The minimum Gasteiger partial charge on any atom is -0.479 e. The van der Waals surface area contributed by atoms with Gasteiger partial charge in [-0.1, -0.05) is 0 Å². The number of carbonyl (C=O) groups is 2. The standard InChI is InChI=1S/C7H12O5/c1-4(2)11-7(10)12-5(3)6(8)9/h4-5H,1-3H3,(H,8,9)/t5-/m1/s1. The summed E-state index contributed by atoms with van der Waals surface area (Å²) in [5.41, 5.74) is 0.